The molecule has 0 aromatic heterocycles. The van der Waals surface area contributed by atoms with Crippen LogP contribution in [0.3, 0.4) is 0 Å². The largest absolute Gasteiger partial charge is 0.507 e. The molecule has 90 valence electrons. The highest BCUT2D eigenvalue weighted by molar-refractivity contribution is 5.99. The molecule has 0 spiro atoms. The molecule has 0 fully saturated rings. The lowest BCUT2D eigenvalue weighted by Crippen LogP contribution is -2.43. The van der Waals surface area contributed by atoms with E-state index in [2.05, 4.69) is 5.10 Å². The van der Waals surface area contributed by atoms with Crippen molar-refractivity contribution in [3.63, 3.8) is 0 Å². The van der Waals surface area contributed by atoms with Crippen LogP contribution in [0.5, 0.6) is 5.75 Å². The second-order valence-corrected chi connectivity index (χ2v) is 4.36. The number of para-hydroxylation sites is 1. The van der Waals surface area contributed by atoms with Crippen LogP contribution in [0.15, 0.2) is 29.4 Å². The molecule has 0 radical (unpaired) electrons. The van der Waals surface area contributed by atoms with Gasteiger partial charge in [0.1, 0.15) is 5.75 Å². The number of hydrazone groups is 1. The maximum Gasteiger partial charge on any atom is 0.280 e. The average molecular weight is 234 g/mol. The van der Waals surface area contributed by atoms with Crippen molar-refractivity contribution in [2.24, 2.45) is 5.10 Å². The number of aromatic hydroxyl groups is 1. The molecule has 1 amide bonds. The zero-order valence-electron chi connectivity index (χ0n) is 9.71. The van der Waals surface area contributed by atoms with Gasteiger partial charge in [0.05, 0.1) is 5.56 Å². The van der Waals surface area contributed by atoms with Crippen molar-refractivity contribution in [3.8, 4) is 5.75 Å². The van der Waals surface area contributed by atoms with Crippen LogP contribution in [0.4, 0.5) is 0 Å². The standard InChI is InChI=1S/C12H14N2O3/c1-8-7-12(2,17)14(13-8)11(16)9-5-3-4-6-10(9)15/h3-6,15,17H,7H2,1-2H3/t12-/m1/s1. The third kappa shape index (κ3) is 2.01. The van der Waals surface area contributed by atoms with Crippen LogP contribution in [0.25, 0.3) is 0 Å². The third-order valence-electron chi connectivity index (χ3n) is 2.64. The first-order valence-electron chi connectivity index (χ1n) is 5.31. The van der Waals surface area contributed by atoms with E-state index < -0.39 is 11.6 Å². The summed E-state index contributed by atoms with van der Waals surface area (Å²) in [6.07, 6.45) is 0.312. The molecule has 0 saturated carbocycles. The van der Waals surface area contributed by atoms with Gasteiger partial charge in [0, 0.05) is 12.1 Å². The third-order valence-corrected chi connectivity index (χ3v) is 2.64. The van der Waals surface area contributed by atoms with Gasteiger partial charge in [-0.15, -0.1) is 0 Å². The Morgan fingerprint density at radius 2 is 2.12 bits per heavy atom. The Balaban J connectivity index is 2.36. The zero-order valence-corrected chi connectivity index (χ0v) is 9.71. The number of phenolic OH excluding ortho intramolecular Hbond substituents is 1. The summed E-state index contributed by atoms with van der Waals surface area (Å²) in [5.41, 5.74) is -0.520. The van der Waals surface area contributed by atoms with Crippen LogP contribution < -0.4 is 0 Å². The Morgan fingerprint density at radius 3 is 2.65 bits per heavy atom. The molecule has 2 rings (SSSR count). The minimum absolute atomic E-state index is 0.118. The van der Waals surface area contributed by atoms with Crippen molar-refractivity contribution in [3.05, 3.63) is 29.8 Å². The van der Waals surface area contributed by atoms with Crippen LogP contribution in [-0.2, 0) is 0 Å². The fourth-order valence-electron chi connectivity index (χ4n) is 1.91. The van der Waals surface area contributed by atoms with Crippen molar-refractivity contribution in [2.45, 2.75) is 26.0 Å². The van der Waals surface area contributed by atoms with E-state index >= 15 is 0 Å². The molecular formula is C12H14N2O3. The molecule has 1 aliphatic rings. The fraction of sp³-hybridized carbons (Fsp3) is 0.333. The molecule has 1 aromatic rings. The quantitative estimate of drug-likeness (QED) is 0.769. The van der Waals surface area contributed by atoms with Gasteiger partial charge >= 0.3 is 0 Å². The molecule has 0 unspecified atom stereocenters. The smallest absolute Gasteiger partial charge is 0.280 e. The van der Waals surface area contributed by atoms with Gasteiger partial charge in [-0.3, -0.25) is 4.79 Å². The number of amides is 1. The van der Waals surface area contributed by atoms with E-state index in [0.717, 1.165) is 5.01 Å². The summed E-state index contributed by atoms with van der Waals surface area (Å²) in [4.78, 5) is 12.1. The lowest BCUT2D eigenvalue weighted by molar-refractivity contribution is -0.0554. The average Bonchev–Trinajstić information content (AvgIpc) is 2.51. The molecule has 1 aliphatic heterocycles. The maximum atomic E-state index is 12.1. The predicted octanol–water partition coefficient (Wildman–Crippen LogP) is 1.32. The highest BCUT2D eigenvalue weighted by Crippen LogP contribution is 2.28. The first kappa shape index (κ1) is 11.6. The van der Waals surface area contributed by atoms with Crippen LogP contribution >= 0.6 is 0 Å². The van der Waals surface area contributed by atoms with E-state index in [1.54, 1.807) is 19.1 Å². The number of benzene rings is 1. The minimum atomic E-state index is -1.33. The Hall–Kier alpha value is -1.88. The molecule has 2 N–H and O–H groups in total. The van der Waals surface area contributed by atoms with Gasteiger partial charge in [0.25, 0.3) is 5.91 Å². The van der Waals surface area contributed by atoms with Gasteiger partial charge in [-0.2, -0.15) is 10.1 Å². The highest BCUT2D eigenvalue weighted by Gasteiger charge is 2.39. The first-order valence-corrected chi connectivity index (χ1v) is 5.31. The molecule has 0 bridgehead atoms. The van der Waals surface area contributed by atoms with Crippen LogP contribution in [-0.4, -0.2) is 32.6 Å². The number of aliphatic hydroxyl groups is 1. The SMILES string of the molecule is CC1=NN(C(=O)c2ccccc2O)[C@](C)(O)C1. The van der Waals surface area contributed by atoms with Crippen molar-refractivity contribution < 1.29 is 15.0 Å². The number of phenols is 1. The predicted molar refractivity (Wildman–Crippen MR) is 62.6 cm³/mol. The Morgan fingerprint density at radius 1 is 1.47 bits per heavy atom. The lowest BCUT2D eigenvalue weighted by Gasteiger charge is -2.27. The van der Waals surface area contributed by atoms with E-state index in [0.29, 0.717) is 12.1 Å². The van der Waals surface area contributed by atoms with E-state index in [4.69, 9.17) is 0 Å². The molecule has 0 aliphatic carbocycles. The minimum Gasteiger partial charge on any atom is -0.507 e. The number of hydrogen-bond acceptors (Lipinski definition) is 4. The van der Waals surface area contributed by atoms with E-state index in [1.165, 1.54) is 19.1 Å². The Kier molecular flexibility index (Phi) is 2.63. The lowest BCUT2D eigenvalue weighted by atomic mass is 10.1. The van der Waals surface area contributed by atoms with Crippen molar-refractivity contribution in [1.29, 1.82) is 0 Å². The number of carbonyl (C=O) groups is 1. The van der Waals surface area contributed by atoms with Gasteiger partial charge in [-0.05, 0) is 26.0 Å². The van der Waals surface area contributed by atoms with Gasteiger partial charge < -0.3 is 10.2 Å². The summed E-state index contributed by atoms with van der Waals surface area (Å²) in [6.45, 7) is 3.26. The van der Waals surface area contributed by atoms with Gasteiger partial charge in [-0.1, -0.05) is 12.1 Å². The van der Waals surface area contributed by atoms with Crippen molar-refractivity contribution in [1.82, 2.24) is 5.01 Å². The molecule has 5 nitrogen and oxygen atoms in total. The molecule has 1 aromatic carbocycles. The highest BCUT2D eigenvalue weighted by atomic mass is 16.3. The Labute approximate surface area is 99.0 Å². The molecule has 17 heavy (non-hydrogen) atoms. The second kappa shape index (κ2) is 3.85. The van der Waals surface area contributed by atoms with Crippen molar-refractivity contribution >= 4 is 11.6 Å². The molecule has 1 heterocycles. The Bertz CT molecular complexity index is 494. The normalized spacial score (nSPS) is 23.7. The first-order chi connectivity index (χ1) is 7.92. The summed E-state index contributed by atoms with van der Waals surface area (Å²) in [5.74, 6) is -0.627. The number of nitrogens with zero attached hydrogens (tertiary/aromatic N) is 2. The van der Waals surface area contributed by atoms with Gasteiger partial charge in [-0.25, -0.2) is 0 Å². The summed E-state index contributed by atoms with van der Waals surface area (Å²) in [6, 6.07) is 6.20. The number of hydrogen-bond donors (Lipinski definition) is 2. The maximum absolute atomic E-state index is 12.1. The zero-order chi connectivity index (χ0) is 12.6. The summed E-state index contributed by atoms with van der Waals surface area (Å²) in [7, 11) is 0. The molecular weight excluding hydrogens is 220 g/mol. The summed E-state index contributed by atoms with van der Waals surface area (Å²) in [5, 5.41) is 24.7. The summed E-state index contributed by atoms with van der Waals surface area (Å²) >= 11 is 0. The second-order valence-electron chi connectivity index (χ2n) is 4.36. The molecule has 1 atom stereocenters. The van der Waals surface area contributed by atoms with Crippen LogP contribution in [0, 0.1) is 0 Å². The number of carbonyl (C=O) groups excluding carboxylic acids is 1. The monoisotopic (exact) mass is 234 g/mol. The number of rotatable bonds is 1. The molecule has 5 heteroatoms. The van der Waals surface area contributed by atoms with Crippen LogP contribution in [0.2, 0.25) is 0 Å². The van der Waals surface area contributed by atoms with Crippen LogP contribution in [0.1, 0.15) is 30.6 Å². The van der Waals surface area contributed by atoms with E-state index in [-0.39, 0.29) is 11.3 Å². The molecule has 0 saturated heterocycles. The topological polar surface area (TPSA) is 73.1 Å². The van der Waals surface area contributed by atoms with Gasteiger partial charge in [0.15, 0.2) is 5.72 Å². The van der Waals surface area contributed by atoms with Crippen molar-refractivity contribution in [2.75, 3.05) is 0 Å². The summed E-state index contributed by atoms with van der Waals surface area (Å²) < 4.78 is 0. The fourth-order valence-corrected chi connectivity index (χ4v) is 1.91. The van der Waals surface area contributed by atoms with Gasteiger partial charge in [0.2, 0.25) is 0 Å². The van der Waals surface area contributed by atoms with E-state index in [9.17, 15) is 15.0 Å². The van der Waals surface area contributed by atoms with E-state index in [1.807, 2.05) is 0 Å².